The lowest BCUT2D eigenvalue weighted by atomic mass is 10.1. The van der Waals surface area contributed by atoms with Gasteiger partial charge in [0.05, 0.1) is 12.1 Å². The molecule has 0 unspecified atom stereocenters. The Morgan fingerprint density at radius 2 is 2.00 bits per heavy atom. The maximum absolute atomic E-state index is 12.0. The third-order valence-corrected chi connectivity index (χ3v) is 5.01. The van der Waals surface area contributed by atoms with Crippen LogP contribution >= 0.6 is 0 Å². The van der Waals surface area contributed by atoms with E-state index < -0.39 is 12.1 Å². The van der Waals surface area contributed by atoms with Crippen molar-refractivity contribution in [1.29, 1.82) is 0 Å². The number of ether oxygens (including phenoxy) is 1. The van der Waals surface area contributed by atoms with Crippen molar-refractivity contribution in [3.8, 4) is 0 Å². The van der Waals surface area contributed by atoms with Gasteiger partial charge in [0.25, 0.3) is 0 Å². The Morgan fingerprint density at radius 3 is 2.79 bits per heavy atom. The summed E-state index contributed by atoms with van der Waals surface area (Å²) in [5.41, 5.74) is 3.68. The third kappa shape index (κ3) is 9.55. The van der Waals surface area contributed by atoms with Crippen molar-refractivity contribution in [3.05, 3.63) is 35.9 Å². The van der Waals surface area contributed by atoms with Crippen molar-refractivity contribution in [2.75, 3.05) is 19.6 Å². The van der Waals surface area contributed by atoms with E-state index in [1.165, 1.54) is 0 Å². The number of carbonyl (C=O) groups is 3. The average molecular weight is 475 g/mol. The zero-order valence-corrected chi connectivity index (χ0v) is 18.8. The predicted molar refractivity (Wildman–Crippen MR) is 123 cm³/mol. The highest BCUT2D eigenvalue weighted by Crippen LogP contribution is 2.17. The molecule has 0 saturated heterocycles. The first kappa shape index (κ1) is 25.1. The number of oxime groups is 1. The Hall–Kier alpha value is -3.51. The molecule has 2 atom stereocenters. The summed E-state index contributed by atoms with van der Waals surface area (Å²) < 4.78 is 4.92. The summed E-state index contributed by atoms with van der Waals surface area (Å²) in [6.07, 6.45) is 2.93. The lowest BCUT2D eigenvalue weighted by molar-refractivity contribution is -0.149. The van der Waals surface area contributed by atoms with Crippen molar-refractivity contribution in [2.45, 2.75) is 51.1 Å². The van der Waals surface area contributed by atoms with Crippen molar-refractivity contribution < 1.29 is 28.8 Å². The van der Waals surface area contributed by atoms with Crippen LogP contribution in [0, 0.1) is 0 Å². The average Bonchev–Trinajstić information content (AvgIpc) is 3.53. The number of benzene rings is 1. The molecule has 0 saturated carbocycles. The van der Waals surface area contributed by atoms with Crippen LogP contribution in [0.4, 0.5) is 4.79 Å². The van der Waals surface area contributed by atoms with Gasteiger partial charge in [-0.2, -0.15) is 0 Å². The van der Waals surface area contributed by atoms with Crippen LogP contribution in [-0.4, -0.2) is 61.9 Å². The van der Waals surface area contributed by atoms with Crippen molar-refractivity contribution in [3.63, 3.8) is 0 Å². The van der Waals surface area contributed by atoms with Crippen LogP contribution < -0.4 is 21.4 Å². The van der Waals surface area contributed by atoms with Gasteiger partial charge in [-0.25, -0.2) is 9.59 Å². The smallest absolute Gasteiger partial charge is 0.441 e. The number of carbonyl (C=O) groups excluding carboxylic acids is 3. The number of hydrogen-bond donors (Lipinski definition) is 4. The molecule has 12 nitrogen and oxygen atoms in total. The quantitative estimate of drug-likeness (QED) is 0.324. The lowest BCUT2D eigenvalue weighted by Gasteiger charge is -2.10. The summed E-state index contributed by atoms with van der Waals surface area (Å²) in [5.74, 6) is -0.895. The predicted octanol–water partition coefficient (Wildman–Crippen LogP) is 0.740. The molecule has 2 heterocycles. The van der Waals surface area contributed by atoms with Crippen LogP contribution in [0.15, 0.2) is 40.5 Å². The molecule has 184 valence electrons. The molecule has 1 aromatic rings. The molecule has 0 bridgehead atoms. The fraction of sp³-hybridized carbons (Fsp3) is 0.500. The minimum Gasteiger partial charge on any atom is -0.443 e. The van der Waals surface area contributed by atoms with Gasteiger partial charge in [0.1, 0.15) is 12.7 Å². The normalized spacial score (nSPS) is 18.6. The van der Waals surface area contributed by atoms with Gasteiger partial charge in [-0.1, -0.05) is 35.5 Å². The topological polar surface area (TPSA) is 152 Å². The first-order valence-corrected chi connectivity index (χ1v) is 11.2. The minimum atomic E-state index is -0.876. The Kier molecular flexibility index (Phi) is 10.3. The van der Waals surface area contributed by atoms with Gasteiger partial charge in [-0.15, -0.1) is 5.48 Å². The number of amides is 2. The van der Waals surface area contributed by atoms with Crippen LogP contribution in [0.1, 0.15) is 37.7 Å². The third-order valence-electron chi connectivity index (χ3n) is 5.01. The van der Waals surface area contributed by atoms with Crippen molar-refractivity contribution in [2.24, 2.45) is 10.1 Å². The second kappa shape index (κ2) is 13.9. The van der Waals surface area contributed by atoms with E-state index in [9.17, 15) is 14.4 Å². The molecule has 3 rings (SSSR count). The molecule has 2 aliphatic heterocycles. The molecule has 34 heavy (non-hydrogen) atoms. The zero-order chi connectivity index (χ0) is 24.0. The maximum atomic E-state index is 12.0. The van der Waals surface area contributed by atoms with Gasteiger partial charge in [0.2, 0.25) is 5.91 Å². The molecular weight excluding hydrogens is 444 g/mol. The fourth-order valence-electron chi connectivity index (χ4n) is 3.23. The van der Waals surface area contributed by atoms with Gasteiger partial charge >= 0.3 is 12.1 Å². The van der Waals surface area contributed by atoms with E-state index in [0.717, 1.165) is 30.8 Å². The molecule has 2 amide bonds. The molecular formula is C22H30N6O6. The summed E-state index contributed by atoms with van der Waals surface area (Å²) in [7, 11) is 0. The monoisotopic (exact) mass is 474 g/mol. The van der Waals surface area contributed by atoms with Gasteiger partial charge in [-0.3, -0.25) is 20.4 Å². The van der Waals surface area contributed by atoms with Crippen LogP contribution in [-0.2, 0) is 30.6 Å². The second-order valence-electron chi connectivity index (χ2n) is 7.71. The molecule has 4 N–H and O–H groups in total. The first-order chi connectivity index (χ1) is 16.6. The molecule has 0 radical (unpaired) electrons. The summed E-state index contributed by atoms with van der Waals surface area (Å²) in [4.78, 5) is 49.5. The Labute approximate surface area is 197 Å². The summed E-state index contributed by atoms with van der Waals surface area (Å²) in [5, 5.41) is 13.2. The molecule has 0 aromatic heterocycles. The highest BCUT2D eigenvalue weighted by Gasteiger charge is 2.22. The van der Waals surface area contributed by atoms with E-state index in [1.54, 1.807) is 12.1 Å². The van der Waals surface area contributed by atoms with E-state index in [4.69, 9.17) is 9.57 Å². The van der Waals surface area contributed by atoms with E-state index in [1.807, 2.05) is 29.9 Å². The number of nitrogens with one attached hydrogen (secondary N) is 4. The number of nitrogens with zero attached hydrogens (tertiary/aromatic N) is 2. The fourth-order valence-corrected chi connectivity index (χ4v) is 3.23. The van der Waals surface area contributed by atoms with Crippen molar-refractivity contribution in [1.82, 2.24) is 21.4 Å². The zero-order valence-electron chi connectivity index (χ0n) is 18.8. The molecule has 2 aliphatic rings. The van der Waals surface area contributed by atoms with Crippen LogP contribution in [0.3, 0.4) is 0 Å². The Morgan fingerprint density at radius 1 is 1.15 bits per heavy atom. The summed E-state index contributed by atoms with van der Waals surface area (Å²) in [6, 6.07) is 9.10. The largest absolute Gasteiger partial charge is 0.443 e. The van der Waals surface area contributed by atoms with Gasteiger partial charge in [0.15, 0.2) is 6.29 Å². The highest BCUT2D eigenvalue weighted by molar-refractivity contribution is 5.85. The van der Waals surface area contributed by atoms with E-state index in [2.05, 4.69) is 30.9 Å². The van der Waals surface area contributed by atoms with Gasteiger partial charge < -0.3 is 19.7 Å². The summed E-state index contributed by atoms with van der Waals surface area (Å²) >= 11 is 0. The Bertz CT molecular complexity index is 878. The molecule has 1 aromatic carbocycles. The highest BCUT2D eigenvalue weighted by atomic mass is 16.7. The van der Waals surface area contributed by atoms with E-state index >= 15 is 0 Å². The number of hydrogen-bond acceptors (Lipinski definition) is 10. The standard InChI is InChI=1S/C22H30N6O6/c29-19(7-6-18-14-17(27-33-18)8-10-24-21-25-12-13-26-21)23-11-9-20(30)34-28-22(31)32-15-16-4-2-1-3-5-16/h1-5,12,18,21,24,26H,6-11,13-15H2,(H,23,29)(H,28,31)/t18-,21-/m0/s1. The number of rotatable bonds is 12. The molecule has 0 aliphatic carbocycles. The van der Waals surface area contributed by atoms with Crippen LogP contribution in [0.2, 0.25) is 0 Å². The van der Waals surface area contributed by atoms with Gasteiger partial charge in [-0.05, 0) is 12.0 Å². The minimum absolute atomic E-state index is 0.0380. The number of hydroxylamine groups is 1. The van der Waals surface area contributed by atoms with Crippen LogP contribution in [0.5, 0.6) is 0 Å². The molecule has 0 spiro atoms. The second-order valence-corrected chi connectivity index (χ2v) is 7.71. The van der Waals surface area contributed by atoms with E-state index in [-0.39, 0.29) is 44.3 Å². The Balaban J connectivity index is 1.16. The SMILES string of the molecule is O=C(CC[C@H]1CC(CCN[C@H]2N=CCN2)=NO1)NCCC(=O)ONC(=O)OCc1ccccc1. The maximum Gasteiger partial charge on any atom is 0.441 e. The lowest BCUT2D eigenvalue weighted by Crippen LogP contribution is -2.38. The van der Waals surface area contributed by atoms with Crippen molar-refractivity contribution >= 4 is 29.9 Å². The molecule has 0 fully saturated rings. The number of aliphatic imine (C=N–C) groups is 1. The molecule has 12 heteroatoms. The van der Waals surface area contributed by atoms with Crippen LogP contribution in [0.25, 0.3) is 0 Å². The first-order valence-electron chi connectivity index (χ1n) is 11.2. The van der Waals surface area contributed by atoms with E-state index in [0.29, 0.717) is 12.8 Å². The summed E-state index contributed by atoms with van der Waals surface area (Å²) in [6.45, 7) is 1.66. The van der Waals surface area contributed by atoms with Gasteiger partial charge in [0, 0.05) is 45.1 Å².